The number of carbonyl (C=O) groups is 2. The van der Waals surface area contributed by atoms with E-state index in [1.165, 1.54) is 0 Å². The number of rotatable bonds is 6. The molecule has 0 aliphatic carbocycles. The van der Waals surface area contributed by atoms with E-state index in [-0.39, 0.29) is 24.0 Å². The molecule has 0 bridgehead atoms. The molecule has 2 rings (SSSR count). The predicted molar refractivity (Wildman–Crippen MR) is 104 cm³/mol. The van der Waals surface area contributed by atoms with E-state index in [1.54, 1.807) is 13.8 Å². The van der Waals surface area contributed by atoms with Crippen LogP contribution >= 0.6 is 0 Å². The minimum absolute atomic E-state index is 0.0607. The average molecular weight is 356 g/mol. The third-order valence-corrected chi connectivity index (χ3v) is 4.21. The number of hydrogen-bond donors (Lipinski definition) is 2. The fourth-order valence-corrected chi connectivity index (χ4v) is 2.92. The monoisotopic (exact) mass is 356 g/mol. The Bertz CT molecular complexity index is 765. The van der Waals surface area contributed by atoms with Crippen molar-refractivity contribution in [2.75, 3.05) is 0 Å². The smallest absolute Gasteiger partial charge is 0.408 e. The normalized spacial score (nSPS) is 13.5. The molecule has 26 heavy (non-hydrogen) atoms. The summed E-state index contributed by atoms with van der Waals surface area (Å²) >= 11 is 0. The fraction of sp³-hybridized carbons (Fsp3) is 0.429. The van der Waals surface area contributed by atoms with Gasteiger partial charge < -0.3 is 15.4 Å². The number of amides is 2. The Kier molecular flexibility index (Phi) is 6.61. The molecule has 5 nitrogen and oxygen atoms in total. The van der Waals surface area contributed by atoms with Crippen molar-refractivity contribution in [3.63, 3.8) is 0 Å². The lowest BCUT2D eigenvalue weighted by atomic mass is 9.98. The molecule has 0 spiro atoms. The van der Waals surface area contributed by atoms with E-state index in [1.807, 2.05) is 63.2 Å². The standard InChI is InChI=1S/C21H28N2O3/c1-13(2)19(23-21(25)26-14(3)4)20(24)22-15(5)17-12-8-10-16-9-6-7-11-18(16)17/h6-15,19H,1-5H3,(H,22,24)(H,23,25). The van der Waals surface area contributed by atoms with E-state index in [0.717, 1.165) is 16.3 Å². The lowest BCUT2D eigenvalue weighted by Gasteiger charge is -2.25. The van der Waals surface area contributed by atoms with Gasteiger partial charge in [0.2, 0.25) is 5.91 Å². The van der Waals surface area contributed by atoms with Gasteiger partial charge in [0.05, 0.1) is 12.1 Å². The first kappa shape index (κ1) is 19.8. The van der Waals surface area contributed by atoms with Gasteiger partial charge in [0, 0.05) is 0 Å². The van der Waals surface area contributed by atoms with Gasteiger partial charge in [-0.15, -0.1) is 0 Å². The molecule has 5 heteroatoms. The third kappa shape index (κ3) is 4.97. The second-order valence-electron chi connectivity index (χ2n) is 7.12. The lowest BCUT2D eigenvalue weighted by Crippen LogP contribution is -2.50. The van der Waals surface area contributed by atoms with Gasteiger partial charge in [0.25, 0.3) is 0 Å². The summed E-state index contributed by atoms with van der Waals surface area (Å²) in [5, 5.41) is 7.92. The largest absolute Gasteiger partial charge is 0.447 e. The highest BCUT2D eigenvalue weighted by molar-refractivity contribution is 5.89. The topological polar surface area (TPSA) is 67.4 Å². The Hall–Kier alpha value is -2.56. The van der Waals surface area contributed by atoms with Crippen LogP contribution in [-0.4, -0.2) is 24.1 Å². The maximum absolute atomic E-state index is 12.7. The minimum atomic E-state index is -0.654. The Morgan fingerprint density at radius 2 is 1.54 bits per heavy atom. The Balaban J connectivity index is 2.13. The first-order valence-electron chi connectivity index (χ1n) is 9.04. The minimum Gasteiger partial charge on any atom is -0.447 e. The van der Waals surface area contributed by atoms with Crippen LogP contribution in [0, 0.1) is 5.92 Å². The van der Waals surface area contributed by atoms with Crippen LogP contribution in [0.4, 0.5) is 4.79 Å². The van der Waals surface area contributed by atoms with Gasteiger partial charge in [0.1, 0.15) is 6.04 Å². The second-order valence-corrected chi connectivity index (χ2v) is 7.12. The zero-order valence-corrected chi connectivity index (χ0v) is 16.1. The SMILES string of the molecule is CC(C)OC(=O)NC(C(=O)NC(C)c1cccc2ccccc12)C(C)C. The van der Waals surface area contributed by atoms with Crippen LogP contribution in [0.5, 0.6) is 0 Å². The number of carbonyl (C=O) groups excluding carboxylic acids is 2. The molecule has 2 unspecified atom stereocenters. The summed E-state index contributed by atoms with van der Waals surface area (Å²) in [6, 6.07) is 13.3. The first-order valence-corrected chi connectivity index (χ1v) is 9.04. The molecule has 0 aliphatic rings. The molecule has 2 N–H and O–H groups in total. The summed E-state index contributed by atoms with van der Waals surface area (Å²) in [6.07, 6.45) is -0.813. The van der Waals surface area contributed by atoms with Crippen LogP contribution in [0.1, 0.15) is 46.2 Å². The molecule has 0 aromatic heterocycles. The van der Waals surface area contributed by atoms with Gasteiger partial charge in [0.15, 0.2) is 0 Å². The zero-order valence-electron chi connectivity index (χ0n) is 16.1. The fourth-order valence-electron chi connectivity index (χ4n) is 2.92. The van der Waals surface area contributed by atoms with Crippen LogP contribution in [0.25, 0.3) is 10.8 Å². The van der Waals surface area contributed by atoms with Crippen LogP contribution in [-0.2, 0) is 9.53 Å². The summed E-state index contributed by atoms with van der Waals surface area (Å²) in [7, 11) is 0. The van der Waals surface area contributed by atoms with Crippen molar-refractivity contribution in [3.8, 4) is 0 Å². The van der Waals surface area contributed by atoms with Gasteiger partial charge in [-0.25, -0.2) is 4.79 Å². The van der Waals surface area contributed by atoms with E-state index in [4.69, 9.17) is 4.74 Å². The maximum atomic E-state index is 12.7. The number of hydrogen-bond acceptors (Lipinski definition) is 3. The van der Waals surface area contributed by atoms with Crippen LogP contribution in [0.2, 0.25) is 0 Å². The quantitative estimate of drug-likeness (QED) is 0.816. The molecule has 0 saturated heterocycles. The van der Waals surface area contributed by atoms with Crippen LogP contribution < -0.4 is 10.6 Å². The molecule has 0 saturated carbocycles. The van der Waals surface area contributed by atoms with E-state index in [2.05, 4.69) is 10.6 Å². The van der Waals surface area contributed by atoms with Gasteiger partial charge in [-0.1, -0.05) is 56.3 Å². The zero-order chi connectivity index (χ0) is 19.3. The summed E-state index contributed by atoms with van der Waals surface area (Å²) < 4.78 is 5.10. The third-order valence-electron chi connectivity index (χ3n) is 4.21. The highest BCUT2D eigenvalue weighted by atomic mass is 16.6. The lowest BCUT2D eigenvalue weighted by molar-refractivity contribution is -0.124. The Labute approximate surface area is 155 Å². The van der Waals surface area contributed by atoms with E-state index in [0.29, 0.717) is 0 Å². The molecule has 0 fully saturated rings. The van der Waals surface area contributed by atoms with Crippen LogP contribution in [0.15, 0.2) is 42.5 Å². The summed E-state index contributed by atoms with van der Waals surface area (Å²) in [4.78, 5) is 24.6. The summed E-state index contributed by atoms with van der Waals surface area (Å²) in [5.41, 5.74) is 1.05. The van der Waals surface area contributed by atoms with Gasteiger partial charge >= 0.3 is 6.09 Å². The van der Waals surface area contributed by atoms with E-state index < -0.39 is 12.1 Å². The first-order chi connectivity index (χ1) is 12.3. The molecule has 140 valence electrons. The number of fused-ring (bicyclic) bond motifs is 1. The molecular formula is C21H28N2O3. The van der Waals surface area contributed by atoms with Crippen molar-refractivity contribution < 1.29 is 14.3 Å². The Morgan fingerprint density at radius 1 is 0.885 bits per heavy atom. The van der Waals surface area contributed by atoms with Crippen molar-refractivity contribution in [1.29, 1.82) is 0 Å². The van der Waals surface area contributed by atoms with E-state index >= 15 is 0 Å². The molecule has 0 radical (unpaired) electrons. The average Bonchev–Trinajstić information content (AvgIpc) is 2.58. The van der Waals surface area contributed by atoms with Crippen molar-refractivity contribution >= 4 is 22.8 Å². The number of ether oxygens (including phenoxy) is 1. The van der Waals surface area contributed by atoms with Crippen molar-refractivity contribution in [2.24, 2.45) is 5.92 Å². The molecule has 0 heterocycles. The van der Waals surface area contributed by atoms with Crippen molar-refractivity contribution in [2.45, 2.75) is 52.8 Å². The van der Waals surface area contributed by atoms with Gasteiger partial charge in [-0.2, -0.15) is 0 Å². The maximum Gasteiger partial charge on any atom is 0.408 e. The molecule has 0 aliphatic heterocycles. The molecule has 2 aromatic carbocycles. The number of alkyl carbamates (subject to hydrolysis) is 1. The highest BCUT2D eigenvalue weighted by Crippen LogP contribution is 2.24. The predicted octanol–water partition coefficient (Wildman–Crippen LogP) is 4.18. The Morgan fingerprint density at radius 3 is 2.19 bits per heavy atom. The van der Waals surface area contributed by atoms with Crippen LogP contribution in [0.3, 0.4) is 0 Å². The highest BCUT2D eigenvalue weighted by Gasteiger charge is 2.26. The van der Waals surface area contributed by atoms with Crippen molar-refractivity contribution in [1.82, 2.24) is 10.6 Å². The number of nitrogens with one attached hydrogen (secondary N) is 2. The number of benzene rings is 2. The summed E-state index contributed by atoms with van der Waals surface area (Å²) in [6.45, 7) is 9.27. The van der Waals surface area contributed by atoms with Gasteiger partial charge in [-0.3, -0.25) is 4.79 Å². The molecule has 2 amide bonds. The van der Waals surface area contributed by atoms with Gasteiger partial charge in [-0.05, 0) is 43.0 Å². The second kappa shape index (κ2) is 8.70. The summed E-state index contributed by atoms with van der Waals surface area (Å²) in [5.74, 6) is -0.282. The molecule has 2 atom stereocenters. The molecule has 2 aromatic rings. The van der Waals surface area contributed by atoms with Crippen molar-refractivity contribution in [3.05, 3.63) is 48.0 Å². The molecular weight excluding hydrogens is 328 g/mol. The van der Waals surface area contributed by atoms with E-state index in [9.17, 15) is 9.59 Å².